The molecule has 0 radical (unpaired) electrons. The number of ether oxygens (including phenoxy) is 2. The molecule has 0 aliphatic heterocycles. The Morgan fingerprint density at radius 3 is 2.19 bits per heavy atom. The number of aliphatic imine (C=N–C) groups is 1. The standard InChI is InChI=1S/C20H25F2N3O2/c1-3-26-14-17-10-5-4-8-15(17)12-24-20(23-2)25-13-16-9-6-7-11-18(16)27-19(21)22/h4-11,19H,3,12-14H2,1-2H3,(H2,23,24,25). The van der Waals surface area contributed by atoms with E-state index in [1.807, 2.05) is 31.2 Å². The van der Waals surface area contributed by atoms with Gasteiger partial charge in [0.1, 0.15) is 5.75 Å². The molecular formula is C20H25F2N3O2. The molecule has 0 aliphatic rings. The highest BCUT2D eigenvalue weighted by molar-refractivity contribution is 5.79. The minimum Gasteiger partial charge on any atom is -0.434 e. The van der Waals surface area contributed by atoms with Crippen LogP contribution in [0.1, 0.15) is 23.6 Å². The van der Waals surface area contributed by atoms with Crippen LogP contribution in [-0.4, -0.2) is 26.2 Å². The van der Waals surface area contributed by atoms with E-state index in [-0.39, 0.29) is 5.75 Å². The van der Waals surface area contributed by atoms with E-state index in [0.717, 1.165) is 11.1 Å². The third-order valence-corrected chi connectivity index (χ3v) is 3.88. The van der Waals surface area contributed by atoms with Gasteiger partial charge in [-0.3, -0.25) is 4.99 Å². The summed E-state index contributed by atoms with van der Waals surface area (Å²) in [5.74, 6) is 0.713. The monoisotopic (exact) mass is 377 g/mol. The molecule has 0 aromatic heterocycles. The van der Waals surface area contributed by atoms with Crippen LogP contribution < -0.4 is 15.4 Å². The summed E-state index contributed by atoms with van der Waals surface area (Å²) in [6, 6.07) is 14.7. The summed E-state index contributed by atoms with van der Waals surface area (Å²) in [6.45, 7) is 1.19. The van der Waals surface area contributed by atoms with Crippen LogP contribution in [0, 0.1) is 0 Å². The lowest BCUT2D eigenvalue weighted by molar-refractivity contribution is -0.0504. The number of hydrogen-bond donors (Lipinski definition) is 2. The van der Waals surface area contributed by atoms with Crippen LogP contribution in [0.4, 0.5) is 8.78 Å². The predicted octanol–water partition coefficient (Wildman–Crippen LogP) is 3.69. The van der Waals surface area contributed by atoms with Crippen molar-refractivity contribution in [3.63, 3.8) is 0 Å². The summed E-state index contributed by atoms with van der Waals surface area (Å²) >= 11 is 0. The van der Waals surface area contributed by atoms with Gasteiger partial charge < -0.3 is 20.1 Å². The molecule has 0 amide bonds. The first-order valence-electron chi connectivity index (χ1n) is 8.75. The first kappa shape index (κ1) is 20.6. The van der Waals surface area contributed by atoms with Gasteiger partial charge in [-0.1, -0.05) is 42.5 Å². The Hall–Kier alpha value is -2.67. The van der Waals surface area contributed by atoms with Gasteiger partial charge in [-0.15, -0.1) is 0 Å². The fraction of sp³-hybridized carbons (Fsp3) is 0.350. The largest absolute Gasteiger partial charge is 0.434 e. The maximum Gasteiger partial charge on any atom is 0.387 e. The molecule has 0 spiro atoms. The van der Waals surface area contributed by atoms with E-state index in [1.54, 1.807) is 25.2 Å². The fourth-order valence-corrected chi connectivity index (χ4v) is 2.52. The molecule has 0 unspecified atom stereocenters. The van der Waals surface area contributed by atoms with Gasteiger partial charge in [0.2, 0.25) is 0 Å². The van der Waals surface area contributed by atoms with E-state index in [9.17, 15) is 8.78 Å². The molecule has 146 valence electrons. The van der Waals surface area contributed by atoms with Crippen LogP contribution in [-0.2, 0) is 24.4 Å². The maximum absolute atomic E-state index is 12.5. The van der Waals surface area contributed by atoms with Crippen molar-refractivity contribution in [2.45, 2.75) is 33.2 Å². The molecule has 2 aromatic carbocycles. The summed E-state index contributed by atoms with van der Waals surface area (Å²) in [4.78, 5) is 4.17. The van der Waals surface area contributed by atoms with Gasteiger partial charge in [0.05, 0.1) is 6.61 Å². The van der Waals surface area contributed by atoms with Gasteiger partial charge in [-0.05, 0) is 24.1 Å². The van der Waals surface area contributed by atoms with Crippen LogP contribution in [0.2, 0.25) is 0 Å². The second-order valence-electron chi connectivity index (χ2n) is 5.67. The summed E-state index contributed by atoms with van der Waals surface area (Å²) in [7, 11) is 1.66. The average molecular weight is 377 g/mol. The Balaban J connectivity index is 1.94. The second kappa shape index (κ2) is 11.1. The number of nitrogens with one attached hydrogen (secondary N) is 2. The van der Waals surface area contributed by atoms with E-state index < -0.39 is 6.61 Å². The predicted molar refractivity (Wildman–Crippen MR) is 102 cm³/mol. The van der Waals surface area contributed by atoms with Gasteiger partial charge in [0.25, 0.3) is 0 Å². The van der Waals surface area contributed by atoms with Gasteiger partial charge in [-0.25, -0.2) is 0 Å². The molecule has 0 saturated heterocycles. The minimum absolute atomic E-state index is 0.150. The van der Waals surface area contributed by atoms with Gasteiger partial charge in [0.15, 0.2) is 5.96 Å². The lowest BCUT2D eigenvalue weighted by Crippen LogP contribution is -2.36. The molecular weight excluding hydrogens is 352 g/mol. The number of alkyl halides is 2. The summed E-state index contributed by atoms with van der Waals surface area (Å²) in [5, 5.41) is 6.34. The number of benzene rings is 2. The zero-order chi connectivity index (χ0) is 19.5. The van der Waals surface area contributed by atoms with Crippen molar-refractivity contribution in [2.75, 3.05) is 13.7 Å². The minimum atomic E-state index is -2.86. The molecule has 2 N–H and O–H groups in total. The normalized spacial score (nSPS) is 11.5. The molecule has 5 nitrogen and oxygen atoms in total. The van der Waals surface area contributed by atoms with Gasteiger partial charge in [-0.2, -0.15) is 8.78 Å². The van der Waals surface area contributed by atoms with Crippen molar-refractivity contribution in [1.82, 2.24) is 10.6 Å². The number of para-hydroxylation sites is 1. The molecule has 2 rings (SSSR count). The van der Waals surface area contributed by atoms with Crippen molar-refractivity contribution in [2.24, 2.45) is 4.99 Å². The summed E-state index contributed by atoms with van der Waals surface area (Å²) in [5.41, 5.74) is 2.84. The molecule has 0 heterocycles. The Morgan fingerprint density at radius 2 is 1.56 bits per heavy atom. The molecule has 0 atom stereocenters. The van der Waals surface area contributed by atoms with E-state index in [0.29, 0.717) is 37.8 Å². The van der Waals surface area contributed by atoms with Gasteiger partial charge >= 0.3 is 6.61 Å². The van der Waals surface area contributed by atoms with Crippen molar-refractivity contribution < 1.29 is 18.3 Å². The lowest BCUT2D eigenvalue weighted by atomic mass is 10.1. The molecule has 0 aliphatic carbocycles. The highest BCUT2D eigenvalue weighted by atomic mass is 19.3. The molecule has 27 heavy (non-hydrogen) atoms. The first-order chi connectivity index (χ1) is 13.1. The highest BCUT2D eigenvalue weighted by Gasteiger charge is 2.10. The molecule has 0 bridgehead atoms. The van der Waals surface area contributed by atoms with Crippen LogP contribution >= 0.6 is 0 Å². The maximum atomic E-state index is 12.5. The van der Waals surface area contributed by atoms with E-state index in [1.165, 1.54) is 6.07 Å². The fourth-order valence-electron chi connectivity index (χ4n) is 2.52. The first-order valence-corrected chi connectivity index (χ1v) is 8.75. The number of guanidine groups is 1. The smallest absolute Gasteiger partial charge is 0.387 e. The summed E-state index contributed by atoms with van der Waals surface area (Å²) in [6.07, 6.45) is 0. The number of nitrogens with zero attached hydrogens (tertiary/aromatic N) is 1. The summed E-state index contributed by atoms with van der Waals surface area (Å²) < 4.78 is 35.1. The van der Waals surface area contributed by atoms with Crippen molar-refractivity contribution in [3.8, 4) is 5.75 Å². The van der Waals surface area contributed by atoms with Crippen LogP contribution in [0.5, 0.6) is 5.75 Å². The van der Waals surface area contributed by atoms with Crippen molar-refractivity contribution >= 4 is 5.96 Å². The second-order valence-corrected chi connectivity index (χ2v) is 5.67. The lowest BCUT2D eigenvalue weighted by Gasteiger charge is -2.16. The Kier molecular flexibility index (Phi) is 8.51. The number of hydrogen-bond acceptors (Lipinski definition) is 3. The molecule has 0 saturated carbocycles. The molecule has 0 fully saturated rings. The third-order valence-electron chi connectivity index (χ3n) is 3.88. The van der Waals surface area contributed by atoms with Crippen LogP contribution in [0.15, 0.2) is 53.5 Å². The molecule has 2 aromatic rings. The number of rotatable bonds is 9. The Labute approximate surface area is 158 Å². The van der Waals surface area contributed by atoms with Crippen LogP contribution in [0.25, 0.3) is 0 Å². The number of halogens is 2. The van der Waals surface area contributed by atoms with Crippen molar-refractivity contribution in [3.05, 3.63) is 65.2 Å². The average Bonchev–Trinajstić information content (AvgIpc) is 2.68. The van der Waals surface area contributed by atoms with E-state index in [4.69, 9.17) is 4.74 Å². The SMILES string of the molecule is CCOCc1ccccc1CNC(=NC)NCc1ccccc1OC(F)F. The van der Waals surface area contributed by atoms with E-state index >= 15 is 0 Å². The zero-order valence-electron chi connectivity index (χ0n) is 15.5. The molecule has 7 heteroatoms. The quantitative estimate of drug-likeness (QED) is 0.517. The highest BCUT2D eigenvalue weighted by Crippen LogP contribution is 2.19. The van der Waals surface area contributed by atoms with Crippen LogP contribution in [0.3, 0.4) is 0 Å². The Bertz CT molecular complexity index is 739. The van der Waals surface area contributed by atoms with Crippen molar-refractivity contribution in [1.29, 1.82) is 0 Å². The topological polar surface area (TPSA) is 54.9 Å². The zero-order valence-corrected chi connectivity index (χ0v) is 15.5. The Morgan fingerprint density at radius 1 is 0.963 bits per heavy atom. The van der Waals surface area contributed by atoms with E-state index in [2.05, 4.69) is 20.4 Å². The van der Waals surface area contributed by atoms with Gasteiger partial charge in [0, 0.05) is 32.3 Å². The third kappa shape index (κ3) is 6.86.